The number of benzene rings is 2. The fourth-order valence-electron chi connectivity index (χ4n) is 3.19. The number of carbonyl (C=O) groups is 2. The number of morpholine rings is 1. The number of hydrogen-bond acceptors (Lipinski definition) is 4. The van der Waals surface area contributed by atoms with Gasteiger partial charge in [-0.1, -0.05) is 30.3 Å². The zero-order valence-corrected chi connectivity index (χ0v) is 13.7. The first-order chi connectivity index (χ1) is 12.2. The molecular weight excluding hydrogens is 316 g/mol. The van der Waals surface area contributed by atoms with E-state index in [1.807, 2.05) is 24.3 Å². The molecule has 2 heterocycles. The number of nitrogens with zero attached hydrogens (tertiary/aromatic N) is 1. The monoisotopic (exact) mass is 334 g/mol. The maximum absolute atomic E-state index is 12.3. The van der Waals surface area contributed by atoms with Gasteiger partial charge in [0.25, 0.3) is 11.8 Å². The van der Waals surface area contributed by atoms with Crippen LogP contribution in [0.4, 0.5) is 5.69 Å². The number of imide groups is 1. The van der Waals surface area contributed by atoms with Crippen LogP contribution in [0.2, 0.25) is 0 Å². The second-order valence-corrected chi connectivity index (χ2v) is 6.08. The van der Waals surface area contributed by atoms with Crippen molar-refractivity contribution in [2.45, 2.75) is 0 Å². The molecule has 2 amide bonds. The van der Waals surface area contributed by atoms with Gasteiger partial charge in [-0.2, -0.15) is 0 Å². The summed E-state index contributed by atoms with van der Waals surface area (Å²) < 4.78 is 5.38. The molecule has 4 rings (SSSR count). The Morgan fingerprint density at radius 3 is 2.28 bits per heavy atom. The van der Waals surface area contributed by atoms with E-state index in [-0.39, 0.29) is 11.8 Å². The third kappa shape index (κ3) is 3.06. The SMILES string of the molecule is O=C1NC(=O)c2ccccc2C1=Cc1ccc(N2CCOCC2)cc1. The van der Waals surface area contributed by atoms with Gasteiger partial charge in [0, 0.05) is 29.9 Å². The summed E-state index contributed by atoms with van der Waals surface area (Å²) in [6, 6.07) is 15.2. The first kappa shape index (κ1) is 15.6. The van der Waals surface area contributed by atoms with Gasteiger partial charge in [-0.3, -0.25) is 14.9 Å². The van der Waals surface area contributed by atoms with Gasteiger partial charge in [-0.05, 0) is 35.4 Å². The van der Waals surface area contributed by atoms with Crippen LogP contribution in [0.1, 0.15) is 21.5 Å². The van der Waals surface area contributed by atoms with E-state index in [1.54, 1.807) is 18.2 Å². The average molecular weight is 334 g/mol. The molecule has 0 saturated carbocycles. The van der Waals surface area contributed by atoms with Crippen LogP contribution in [0.5, 0.6) is 0 Å². The van der Waals surface area contributed by atoms with Crippen molar-refractivity contribution in [2.24, 2.45) is 0 Å². The molecule has 2 aromatic carbocycles. The van der Waals surface area contributed by atoms with Gasteiger partial charge in [0.2, 0.25) is 0 Å². The van der Waals surface area contributed by atoms with E-state index in [1.165, 1.54) is 0 Å². The minimum absolute atomic E-state index is 0.347. The summed E-state index contributed by atoms with van der Waals surface area (Å²) in [5.74, 6) is -0.707. The van der Waals surface area contributed by atoms with Gasteiger partial charge in [-0.15, -0.1) is 0 Å². The summed E-state index contributed by atoms with van der Waals surface area (Å²) in [4.78, 5) is 26.5. The number of fused-ring (bicyclic) bond motifs is 1. The molecule has 1 fully saturated rings. The van der Waals surface area contributed by atoms with Crippen LogP contribution in [0.15, 0.2) is 48.5 Å². The lowest BCUT2D eigenvalue weighted by Gasteiger charge is -2.28. The van der Waals surface area contributed by atoms with Crippen LogP contribution in [0, 0.1) is 0 Å². The Morgan fingerprint density at radius 1 is 0.880 bits per heavy atom. The van der Waals surface area contributed by atoms with E-state index in [0.717, 1.165) is 37.6 Å². The normalized spacial score (nSPS) is 18.9. The van der Waals surface area contributed by atoms with Gasteiger partial charge in [0.05, 0.1) is 13.2 Å². The largest absolute Gasteiger partial charge is 0.378 e. The molecule has 2 aromatic rings. The zero-order chi connectivity index (χ0) is 17.2. The highest BCUT2D eigenvalue weighted by Crippen LogP contribution is 2.26. The van der Waals surface area contributed by atoms with E-state index in [2.05, 4.69) is 22.3 Å². The second-order valence-electron chi connectivity index (χ2n) is 6.08. The molecule has 5 heteroatoms. The Morgan fingerprint density at radius 2 is 1.56 bits per heavy atom. The Bertz CT molecular complexity index is 849. The molecule has 0 unspecified atom stereocenters. The Balaban J connectivity index is 1.65. The first-order valence-corrected chi connectivity index (χ1v) is 8.32. The Kier molecular flexibility index (Phi) is 4.07. The van der Waals surface area contributed by atoms with Crippen LogP contribution in [-0.2, 0) is 9.53 Å². The average Bonchev–Trinajstić information content (AvgIpc) is 2.66. The molecule has 2 aliphatic rings. The highest BCUT2D eigenvalue weighted by Gasteiger charge is 2.26. The van der Waals surface area contributed by atoms with E-state index in [4.69, 9.17) is 4.74 Å². The van der Waals surface area contributed by atoms with Gasteiger partial charge in [0.1, 0.15) is 0 Å². The molecule has 5 nitrogen and oxygen atoms in total. The third-order valence-electron chi connectivity index (χ3n) is 4.51. The van der Waals surface area contributed by atoms with Crippen molar-refractivity contribution in [1.29, 1.82) is 0 Å². The quantitative estimate of drug-likeness (QED) is 0.676. The van der Waals surface area contributed by atoms with Crippen molar-refractivity contribution in [3.05, 3.63) is 65.2 Å². The highest BCUT2D eigenvalue weighted by atomic mass is 16.5. The summed E-state index contributed by atoms with van der Waals surface area (Å²) in [5, 5.41) is 2.40. The van der Waals surface area contributed by atoms with Gasteiger partial charge < -0.3 is 9.64 Å². The fraction of sp³-hybridized carbons (Fsp3) is 0.200. The lowest BCUT2D eigenvalue weighted by Crippen LogP contribution is -2.36. The standard InChI is InChI=1S/C20H18N2O3/c23-19-17-4-2-1-3-16(17)18(20(24)21-19)13-14-5-7-15(8-6-14)22-9-11-25-12-10-22/h1-8,13H,9-12H2,(H,21,23,24). The molecule has 0 atom stereocenters. The lowest BCUT2D eigenvalue weighted by atomic mass is 9.93. The van der Waals surface area contributed by atoms with Crippen molar-refractivity contribution in [3.63, 3.8) is 0 Å². The second kappa shape index (κ2) is 6.53. The molecule has 0 spiro atoms. The predicted molar refractivity (Wildman–Crippen MR) is 96.3 cm³/mol. The van der Waals surface area contributed by atoms with Gasteiger partial charge >= 0.3 is 0 Å². The number of ether oxygens (including phenoxy) is 1. The zero-order valence-electron chi connectivity index (χ0n) is 13.7. The molecule has 1 N–H and O–H groups in total. The highest BCUT2D eigenvalue weighted by molar-refractivity contribution is 6.33. The summed E-state index contributed by atoms with van der Waals surface area (Å²) >= 11 is 0. The predicted octanol–water partition coefficient (Wildman–Crippen LogP) is 2.33. The van der Waals surface area contributed by atoms with Crippen LogP contribution >= 0.6 is 0 Å². The molecule has 0 aromatic heterocycles. The number of amides is 2. The summed E-state index contributed by atoms with van der Waals surface area (Å²) in [6.45, 7) is 3.27. The fourth-order valence-corrected chi connectivity index (χ4v) is 3.19. The minimum atomic E-state index is -0.360. The maximum Gasteiger partial charge on any atom is 0.258 e. The number of nitrogens with one attached hydrogen (secondary N) is 1. The molecular formula is C20H18N2O3. The smallest absolute Gasteiger partial charge is 0.258 e. The molecule has 0 radical (unpaired) electrons. The molecule has 25 heavy (non-hydrogen) atoms. The van der Waals surface area contributed by atoms with Crippen molar-refractivity contribution < 1.29 is 14.3 Å². The van der Waals surface area contributed by atoms with E-state index in [9.17, 15) is 9.59 Å². The summed E-state index contributed by atoms with van der Waals surface area (Å²) in [5.41, 5.74) is 3.78. The van der Waals surface area contributed by atoms with E-state index in [0.29, 0.717) is 16.7 Å². The molecule has 1 saturated heterocycles. The first-order valence-electron chi connectivity index (χ1n) is 8.32. The van der Waals surface area contributed by atoms with Crippen molar-refractivity contribution in [1.82, 2.24) is 5.32 Å². The van der Waals surface area contributed by atoms with E-state index >= 15 is 0 Å². The molecule has 0 aliphatic carbocycles. The summed E-state index contributed by atoms with van der Waals surface area (Å²) in [7, 11) is 0. The van der Waals surface area contributed by atoms with E-state index < -0.39 is 0 Å². The summed E-state index contributed by atoms with van der Waals surface area (Å²) in [6.07, 6.45) is 1.82. The van der Waals surface area contributed by atoms with Crippen LogP contribution < -0.4 is 10.2 Å². The Hall–Kier alpha value is -2.92. The number of anilines is 1. The maximum atomic E-state index is 12.3. The topological polar surface area (TPSA) is 58.6 Å². The molecule has 2 aliphatic heterocycles. The van der Waals surface area contributed by atoms with Crippen LogP contribution in [0.3, 0.4) is 0 Å². The number of hydrogen-bond donors (Lipinski definition) is 1. The number of rotatable bonds is 2. The van der Waals surface area contributed by atoms with Gasteiger partial charge in [-0.25, -0.2) is 0 Å². The third-order valence-corrected chi connectivity index (χ3v) is 4.51. The van der Waals surface area contributed by atoms with Gasteiger partial charge in [0.15, 0.2) is 0 Å². The molecule has 0 bridgehead atoms. The van der Waals surface area contributed by atoms with Crippen LogP contribution in [-0.4, -0.2) is 38.1 Å². The lowest BCUT2D eigenvalue weighted by molar-refractivity contribution is -0.114. The number of carbonyl (C=O) groups excluding carboxylic acids is 2. The van der Waals surface area contributed by atoms with Crippen molar-refractivity contribution >= 4 is 29.2 Å². The van der Waals surface area contributed by atoms with Crippen molar-refractivity contribution in [2.75, 3.05) is 31.2 Å². The minimum Gasteiger partial charge on any atom is -0.378 e. The molecule has 126 valence electrons. The van der Waals surface area contributed by atoms with Crippen LogP contribution in [0.25, 0.3) is 11.6 Å². The Labute approximate surface area is 145 Å². The van der Waals surface area contributed by atoms with Crippen molar-refractivity contribution in [3.8, 4) is 0 Å².